The number of halogens is 1. The minimum atomic E-state index is -0.434. The van der Waals surface area contributed by atoms with Crippen LogP contribution in [0, 0.1) is 0 Å². The molecule has 0 aromatic heterocycles. The van der Waals surface area contributed by atoms with E-state index in [9.17, 15) is 14.4 Å². The summed E-state index contributed by atoms with van der Waals surface area (Å²) in [5.74, 6) is -0.508. The van der Waals surface area contributed by atoms with Gasteiger partial charge in [0, 0.05) is 11.0 Å². The van der Waals surface area contributed by atoms with Crippen LogP contribution in [-0.2, 0) is 11.2 Å². The highest BCUT2D eigenvalue weighted by molar-refractivity contribution is 9.10. The summed E-state index contributed by atoms with van der Waals surface area (Å²) in [5, 5.41) is 2.74. The lowest BCUT2D eigenvalue weighted by Gasteiger charge is -2.14. The first-order valence-corrected chi connectivity index (χ1v) is 8.85. The molecule has 1 aliphatic rings. The Morgan fingerprint density at radius 3 is 2.38 bits per heavy atom. The summed E-state index contributed by atoms with van der Waals surface area (Å²) < 4.78 is 6.11. The van der Waals surface area contributed by atoms with E-state index in [2.05, 4.69) is 21.2 Å². The first-order chi connectivity index (χ1) is 12.5. The zero-order chi connectivity index (χ0) is 18.7. The second-order valence-electron chi connectivity index (χ2n) is 5.80. The van der Waals surface area contributed by atoms with Gasteiger partial charge in [0.25, 0.3) is 11.8 Å². The van der Waals surface area contributed by atoms with E-state index in [-0.39, 0.29) is 12.5 Å². The number of ether oxygens (including phenoxy) is 1. The standard InChI is InChI=1S/C19H17BrN2O4/c1-26-13-6-7-16(20)12(10-13)8-9-21-17(23)11-22-18(24)14-4-2-3-5-15(14)19(22)25/h2-7,10H,8-9,11H2,1H3,(H,21,23). The van der Waals surface area contributed by atoms with Crippen molar-refractivity contribution >= 4 is 33.7 Å². The Kier molecular flexibility index (Phi) is 5.37. The van der Waals surface area contributed by atoms with Crippen LogP contribution in [-0.4, -0.2) is 42.8 Å². The first kappa shape index (κ1) is 18.1. The second kappa shape index (κ2) is 7.70. The molecule has 1 N–H and O–H groups in total. The van der Waals surface area contributed by atoms with Crippen molar-refractivity contribution in [2.24, 2.45) is 0 Å². The van der Waals surface area contributed by atoms with Crippen LogP contribution in [0.4, 0.5) is 0 Å². The highest BCUT2D eigenvalue weighted by Crippen LogP contribution is 2.23. The Labute approximate surface area is 159 Å². The number of nitrogens with one attached hydrogen (secondary N) is 1. The summed E-state index contributed by atoms with van der Waals surface area (Å²) in [6, 6.07) is 12.2. The van der Waals surface area contributed by atoms with Crippen molar-refractivity contribution < 1.29 is 19.1 Å². The molecule has 1 heterocycles. The third-order valence-corrected chi connectivity index (χ3v) is 4.92. The van der Waals surface area contributed by atoms with Crippen LogP contribution in [0.2, 0.25) is 0 Å². The van der Waals surface area contributed by atoms with Gasteiger partial charge in [0.15, 0.2) is 0 Å². The summed E-state index contributed by atoms with van der Waals surface area (Å²) >= 11 is 3.46. The predicted octanol–water partition coefficient (Wildman–Crippen LogP) is 2.41. The van der Waals surface area contributed by atoms with Crippen molar-refractivity contribution in [3.8, 4) is 5.75 Å². The fraction of sp³-hybridized carbons (Fsp3) is 0.211. The molecule has 3 rings (SSSR count). The molecule has 26 heavy (non-hydrogen) atoms. The number of rotatable bonds is 6. The number of hydrogen-bond acceptors (Lipinski definition) is 4. The Morgan fingerprint density at radius 1 is 1.12 bits per heavy atom. The Morgan fingerprint density at radius 2 is 1.77 bits per heavy atom. The summed E-state index contributed by atoms with van der Waals surface area (Å²) in [6.07, 6.45) is 0.589. The molecule has 0 bridgehead atoms. The van der Waals surface area contributed by atoms with Crippen LogP contribution >= 0.6 is 15.9 Å². The molecule has 1 aliphatic heterocycles. The van der Waals surface area contributed by atoms with Gasteiger partial charge < -0.3 is 10.1 Å². The van der Waals surface area contributed by atoms with E-state index >= 15 is 0 Å². The highest BCUT2D eigenvalue weighted by Gasteiger charge is 2.36. The molecule has 134 valence electrons. The zero-order valence-electron chi connectivity index (χ0n) is 14.1. The molecule has 0 saturated carbocycles. The Bertz CT molecular complexity index is 847. The summed E-state index contributed by atoms with van der Waals surface area (Å²) in [5.41, 5.74) is 1.67. The predicted molar refractivity (Wildman–Crippen MR) is 99.2 cm³/mol. The van der Waals surface area contributed by atoms with Gasteiger partial charge in [-0.15, -0.1) is 0 Å². The summed E-state index contributed by atoms with van der Waals surface area (Å²) in [7, 11) is 1.59. The van der Waals surface area contributed by atoms with E-state index in [1.165, 1.54) is 0 Å². The maximum Gasteiger partial charge on any atom is 0.262 e. The van der Waals surface area contributed by atoms with Crippen molar-refractivity contribution in [1.82, 2.24) is 10.2 Å². The molecule has 0 aliphatic carbocycles. The zero-order valence-corrected chi connectivity index (χ0v) is 15.7. The number of hydrogen-bond donors (Lipinski definition) is 1. The van der Waals surface area contributed by atoms with Crippen LogP contribution in [0.25, 0.3) is 0 Å². The average Bonchev–Trinajstić information content (AvgIpc) is 2.88. The van der Waals surface area contributed by atoms with Crippen molar-refractivity contribution in [1.29, 1.82) is 0 Å². The molecule has 0 fully saturated rings. The van der Waals surface area contributed by atoms with Gasteiger partial charge in [-0.2, -0.15) is 0 Å². The Balaban J connectivity index is 1.56. The van der Waals surface area contributed by atoms with Crippen LogP contribution in [0.1, 0.15) is 26.3 Å². The average molecular weight is 417 g/mol. The smallest absolute Gasteiger partial charge is 0.262 e. The third kappa shape index (κ3) is 3.62. The molecule has 2 aromatic rings. The number of methoxy groups -OCH3 is 1. The van der Waals surface area contributed by atoms with Gasteiger partial charge in [-0.3, -0.25) is 19.3 Å². The minimum Gasteiger partial charge on any atom is -0.497 e. The van der Waals surface area contributed by atoms with Crippen LogP contribution in [0.5, 0.6) is 5.75 Å². The minimum absolute atomic E-state index is 0.286. The number of fused-ring (bicyclic) bond motifs is 1. The molecule has 0 atom stereocenters. The van der Waals surface area contributed by atoms with Crippen LogP contribution in [0.3, 0.4) is 0 Å². The van der Waals surface area contributed by atoms with E-state index in [1.54, 1.807) is 31.4 Å². The SMILES string of the molecule is COc1ccc(Br)c(CCNC(=O)CN2C(=O)c3ccccc3C2=O)c1. The quantitative estimate of drug-likeness (QED) is 0.733. The van der Waals surface area contributed by atoms with E-state index in [0.717, 1.165) is 20.7 Å². The molecule has 6 nitrogen and oxygen atoms in total. The first-order valence-electron chi connectivity index (χ1n) is 8.05. The maximum absolute atomic E-state index is 12.3. The van der Waals surface area contributed by atoms with Crippen molar-refractivity contribution in [2.75, 3.05) is 20.2 Å². The van der Waals surface area contributed by atoms with E-state index in [1.807, 2.05) is 18.2 Å². The monoisotopic (exact) mass is 416 g/mol. The van der Waals surface area contributed by atoms with Crippen molar-refractivity contribution in [3.05, 3.63) is 63.6 Å². The van der Waals surface area contributed by atoms with E-state index in [0.29, 0.717) is 24.1 Å². The molecule has 0 unspecified atom stereocenters. The molecule has 2 aromatic carbocycles. The molecule has 0 spiro atoms. The molecular formula is C19H17BrN2O4. The number of benzene rings is 2. The maximum atomic E-state index is 12.3. The highest BCUT2D eigenvalue weighted by atomic mass is 79.9. The number of carbonyl (C=O) groups is 3. The second-order valence-corrected chi connectivity index (χ2v) is 6.65. The molecule has 3 amide bonds. The summed E-state index contributed by atoms with van der Waals surface area (Å²) in [6.45, 7) is 0.0966. The third-order valence-electron chi connectivity index (χ3n) is 4.15. The number of amides is 3. The van der Waals surface area contributed by atoms with Crippen LogP contribution in [0.15, 0.2) is 46.9 Å². The van der Waals surface area contributed by atoms with Gasteiger partial charge in [-0.25, -0.2) is 0 Å². The molecule has 7 heteroatoms. The Hall–Kier alpha value is -2.67. The van der Waals surface area contributed by atoms with E-state index in [4.69, 9.17) is 4.74 Å². The van der Waals surface area contributed by atoms with Crippen molar-refractivity contribution in [2.45, 2.75) is 6.42 Å². The van der Waals surface area contributed by atoms with Gasteiger partial charge in [0.1, 0.15) is 12.3 Å². The number of nitrogens with zero attached hydrogens (tertiary/aromatic N) is 1. The van der Waals surface area contributed by atoms with E-state index < -0.39 is 11.8 Å². The van der Waals surface area contributed by atoms with Gasteiger partial charge in [-0.05, 0) is 42.3 Å². The van der Waals surface area contributed by atoms with Gasteiger partial charge in [0.2, 0.25) is 5.91 Å². The van der Waals surface area contributed by atoms with Gasteiger partial charge >= 0.3 is 0 Å². The fourth-order valence-electron chi connectivity index (χ4n) is 2.79. The van der Waals surface area contributed by atoms with Gasteiger partial charge in [-0.1, -0.05) is 28.1 Å². The molecular weight excluding hydrogens is 400 g/mol. The fourth-order valence-corrected chi connectivity index (χ4v) is 3.23. The normalized spacial score (nSPS) is 12.9. The molecule has 0 saturated heterocycles. The molecule has 0 radical (unpaired) electrons. The number of carbonyl (C=O) groups excluding carboxylic acids is 3. The topological polar surface area (TPSA) is 75.7 Å². The van der Waals surface area contributed by atoms with Crippen molar-refractivity contribution in [3.63, 3.8) is 0 Å². The lowest BCUT2D eigenvalue weighted by Crippen LogP contribution is -2.40. The summed E-state index contributed by atoms with van der Waals surface area (Å²) in [4.78, 5) is 37.6. The van der Waals surface area contributed by atoms with Crippen LogP contribution < -0.4 is 10.1 Å². The van der Waals surface area contributed by atoms with Gasteiger partial charge in [0.05, 0.1) is 18.2 Å². The lowest BCUT2D eigenvalue weighted by atomic mass is 10.1. The lowest BCUT2D eigenvalue weighted by molar-refractivity contribution is -0.121. The number of imide groups is 1. The largest absolute Gasteiger partial charge is 0.497 e.